The van der Waals surface area contributed by atoms with Crippen LogP contribution in [0.25, 0.3) is 10.9 Å². The molecule has 180 valence electrons. The first kappa shape index (κ1) is 23.7. The molecular weight excluding hydrogens is 432 g/mol. The van der Waals surface area contributed by atoms with Gasteiger partial charge >= 0.3 is 0 Å². The Hall–Kier alpha value is -3.48. The fourth-order valence-electron chi connectivity index (χ4n) is 4.79. The van der Waals surface area contributed by atoms with E-state index >= 15 is 0 Å². The van der Waals surface area contributed by atoms with Crippen LogP contribution in [0.3, 0.4) is 0 Å². The third-order valence-electron chi connectivity index (χ3n) is 6.61. The predicted molar refractivity (Wildman–Crippen MR) is 132 cm³/mol. The standard InChI is InChI=1S/C27H32N2O5/c1-17-10-11-18-13-20(26(30)28-22(18)12-17)16-29(21-8-6-5-7-9-21)27(31)19-14-23(32-2)25(34-4)24(15-19)33-3/h10-15,21H,5-9,16H2,1-4H3,(H,28,30). The largest absolute Gasteiger partial charge is 0.493 e. The highest BCUT2D eigenvalue weighted by molar-refractivity contribution is 5.96. The summed E-state index contributed by atoms with van der Waals surface area (Å²) in [5.74, 6) is 1.13. The zero-order valence-electron chi connectivity index (χ0n) is 20.3. The Kier molecular flexibility index (Phi) is 7.10. The summed E-state index contributed by atoms with van der Waals surface area (Å²) in [5, 5.41) is 0.948. The number of hydrogen-bond donors (Lipinski definition) is 1. The van der Waals surface area contributed by atoms with Crippen molar-refractivity contribution < 1.29 is 19.0 Å². The predicted octanol–water partition coefficient (Wildman–Crippen LogP) is 4.84. The number of fused-ring (bicyclic) bond motifs is 1. The van der Waals surface area contributed by atoms with Crippen molar-refractivity contribution >= 4 is 16.8 Å². The summed E-state index contributed by atoms with van der Waals surface area (Å²) in [7, 11) is 4.59. The average molecular weight is 465 g/mol. The average Bonchev–Trinajstić information content (AvgIpc) is 2.86. The molecule has 1 aliphatic carbocycles. The van der Waals surface area contributed by atoms with Gasteiger partial charge in [-0.2, -0.15) is 0 Å². The molecule has 1 heterocycles. The quantitative estimate of drug-likeness (QED) is 0.541. The highest BCUT2D eigenvalue weighted by atomic mass is 16.5. The number of aromatic amines is 1. The maximum absolute atomic E-state index is 13.9. The SMILES string of the molecule is COc1cc(C(=O)N(Cc2cc3ccc(C)cc3[nH]c2=O)C2CCCCC2)cc(OC)c1OC. The third kappa shape index (κ3) is 4.74. The minimum absolute atomic E-state index is 0.0634. The minimum Gasteiger partial charge on any atom is -0.493 e. The summed E-state index contributed by atoms with van der Waals surface area (Å²) in [6.07, 6.45) is 5.13. The number of nitrogens with one attached hydrogen (secondary N) is 1. The van der Waals surface area contributed by atoms with Gasteiger partial charge in [0.15, 0.2) is 11.5 Å². The minimum atomic E-state index is -0.170. The lowest BCUT2D eigenvalue weighted by Crippen LogP contribution is -2.42. The van der Waals surface area contributed by atoms with Gasteiger partial charge in [-0.15, -0.1) is 0 Å². The van der Waals surface area contributed by atoms with Crippen LogP contribution in [0.5, 0.6) is 17.2 Å². The van der Waals surface area contributed by atoms with Gasteiger partial charge in [-0.25, -0.2) is 0 Å². The fraction of sp³-hybridized carbons (Fsp3) is 0.407. The molecule has 0 radical (unpaired) electrons. The van der Waals surface area contributed by atoms with Crippen molar-refractivity contribution in [3.8, 4) is 17.2 Å². The summed E-state index contributed by atoms with van der Waals surface area (Å²) in [5.41, 5.74) is 2.72. The van der Waals surface area contributed by atoms with E-state index in [1.54, 1.807) is 12.1 Å². The number of hydrogen-bond acceptors (Lipinski definition) is 5. The van der Waals surface area contributed by atoms with Crippen LogP contribution in [-0.2, 0) is 6.54 Å². The maximum atomic E-state index is 13.9. The summed E-state index contributed by atoms with van der Waals surface area (Å²) < 4.78 is 16.3. The Morgan fingerprint density at radius 1 is 0.971 bits per heavy atom. The number of amides is 1. The molecule has 7 nitrogen and oxygen atoms in total. The number of pyridine rings is 1. The van der Waals surface area contributed by atoms with Crippen LogP contribution >= 0.6 is 0 Å². The van der Waals surface area contributed by atoms with E-state index in [0.717, 1.165) is 42.1 Å². The van der Waals surface area contributed by atoms with Crippen LogP contribution in [0.1, 0.15) is 53.6 Å². The van der Waals surface area contributed by atoms with Crippen LogP contribution in [-0.4, -0.2) is 43.2 Å². The monoisotopic (exact) mass is 464 g/mol. The molecule has 1 saturated carbocycles. The summed E-state index contributed by atoms with van der Waals surface area (Å²) in [4.78, 5) is 31.6. The van der Waals surface area contributed by atoms with E-state index in [1.165, 1.54) is 27.8 Å². The lowest BCUT2D eigenvalue weighted by Gasteiger charge is -2.34. The molecule has 1 aliphatic rings. The lowest BCUT2D eigenvalue weighted by atomic mass is 9.93. The van der Waals surface area contributed by atoms with Gasteiger partial charge < -0.3 is 24.1 Å². The third-order valence-corrected chi connectivity index (χ3v) is 6.61. The molecule has 7 heteroatoms. The first-order chi connectivity index (χ1) is 16.4. The molecule has 0 atom stereocenters. The molecule has 1 fully saturated rings. The number of nitrogens with zero attached hydrogens (tertiary/aromatic N) is 1. The molecule has 1 aromatic heterocycles. The van der Waals surface area contributed by atoms with Gasteiger partial charge in [-0.1, -0.05) is 31.4 Å². The van der Waals surface area contributed by atoms with Crippen molar-refractivity contribution in [2.45, 2.75) is 51.6 Å². The number of methoxy groups -OCH3 is 3. The lowest BCUT2D eigenvalue weighted by molar-refractivity contribution is 0.0612. The highest BCUT2D eigenvalue weighted by Gasteiger charge is 2.29. The number of ether oxygens (including phenoxy) is 3. The summed E-state index contributed by atoms with van der Waals surface area (Å²) >= 11 is 0. The first-order valence-electron chi connectivity index (χ1n) is 11.7. The van der Waals surface area contributed by atoms with Gasteiger partial charge in [-0.3, -0.25) is 9.59 Å². The molecule has 0 unspecified atom stereocenters. The molecule has 3 aromatic rings. The van der Waals surface area contributed by atoms with Crippen LogP contribution in [0.15, 0.2) is 41.2 Å². The number of rotatable bonds is 7. The van der Waals surface area contributed by atoms with E-state index in [9.17, 15) is 9.59 Å². The van der Waals surface area contributed by atoms with Gasteiger partial charge in [0.25, 0.3) is 11.5 Å². The van der Waals surface area contributed by atoms with Crippen molar-refractivity contribution in [1.82, 2.24) is 9.88 Å². The molecule has 0 aliphatic heterocycles. The molecular formula is C27H32N2O5. The normalized spacial score (nSPS) is 14.1. The molecule has 2 aromatic carbocycles. The van der Waals surface area contributed by atoms with Gasteiger partial charge in [0.05, 0.1) is 27.9 Å². The Morgan fingerprint density at radius 2 is 1.65 bits per heavy atom. The van der Waals surface area contributed by atoms with E-state index in [4.69, 9.17) is 14.2 Å². The van der Waals surface area contributed by atoms with E-state index in [-0.39, 0.29) is 24.1 Å². The van der Waals surface area contributed by atoms with Crippen molar-refractivity contribution in [2.75, 3.05) is 21.3 Å². The zero-order chi connectivity index (χ0) is 24.2. The van der Waals surface area contributed by atoms with Crippen molar-refractivity contribution in [3.63, 3.8) is 0 Å². The van der Waals surface area contributed by atoms with Gasteiger partial charge in [0, 0.05) is 22.7 Å². The Bertz CT molecular complexity index is 1220. The number of aryl methyl sites for hydroxylation is 1. The maximum Gasteiger partial charge on any atom is 0.254 e. The van der Waals surface area contributed by atoms with Gasteiger partial charge in [0.2, 0.25) is 5.75 Å². The summed E-state index contributed by atoms with van der Waals surface area (Å²) in [6.45, 7) is 2.23. The van der Waals surface area contributed by atoms with Gasteiger partial charge in [-0.05, 0) is 55.0 Å². The fourth-order valence-corrected chi connectivity index (χ4v) is 4.79. The molecule has 34 heavy (non-hydrogen) atoms. The van der Waals surface area contributed by atoms with Gasteiger partial charge in [0.1, 0.15) is 0 Å². The zero-order valence-corrected chi connectivity index (χ0v) is 20.3. The Labute approximate surface area is 199 Å². The first-order valence-corrected chi connectivity index (χ1v) is 11.7. The number of H-pyrrole nitrogens is 1. The summed E-state index contributed by atoms with van der Waals surface area (Å²) in [6, 6.07) is 11.3. The van der Waals surface area contributed by atoms with Crippen LogP contribution in [0, 0.1) is 6.92 Å². The second kappa shape index (κ2) is 10.2. The van der Waals surface area contributed by atoms with E-state index in [0.29, 0.717) is 28.4 Å². The van der Waals surface area contributed by atoms with Crippen LogP contribution < -0.4 is 19.8 Å². The van der Waals surface area contributed by atoms with Crippen molar-refractivity contribution in [2.24, 2.45) is 0 Å². The van der Waals surface area contributed by atoms with E-state index in [2.05, 4.69) is 4.98 Å². The second-order valence-electron chi connectivity index (χ2n) is 8.85. The van der Waals surface area contributed by atoms with E-state index < -0.39 is 0 Å². The molecule has 1 N–H and O–H groups in total. The van der Waals surface area contributed by atoms with Crippen LogP contribution in [0.4, 0.5) is 0 Å². The number of carbonyl (C=O) groups is 1. The molecule has 0 saturated heterocycles. The second-order valence-corrected chi connectivity index (χ2v) is 8.85. The van der Waals surface area contributed by atoms with Crippen molar-refractivity contribution in [3.05, 3.63) is 63.4 Å². The number of aromatic nitrogens is 1. The van der Waals surface area contributed by atoms with Crippen molar-refractivity contribution in [1.29, 1.82) is 0 Å². The number of benzene rings is 2. The number of carbonyl (C=O) groups excluding carboxylic acids is 1. The molecule has 4 rings (SSSR count). The Morgan fingerprint density at radius 3 is 2.26 bits per heavy atom. The Balaban J connectivity index is 1.75. The topological polar surface area (TPSA) is 80.9 Å². The molecule has 0 spiro atoms. The van der Waals surface area contributed by atoms with Crippen LogP contribution in [0.2, 0.25) is 0 Å². The smallest absolute Gasteiger partial charge is 0.254 e. The van der Waals surface area contributed by atoms with E-state index in [1.807, 2.05) is 36.1 Å². The molecule has 1 amide bonds. The highest BCUT2D eigenvalue weighted by Crippen LogP contribution is 2.39. The molecule has 0 bridgehead atoms.